The van der Waals surface area contributed by atoms with Gasteiger partial charge < -0.3 is 4.98 Å². The molecule has 0 bridgehead atoms. The molecule has 1 aliphatic carbocycles. The average Bonchev–Trinajstić information content (AvgIpc) is 3.11. The van der Waals surface area contributed by atoms with Gasteiger partial charge in [-0.15, -0.1) is 10.2 Å². The van der Waals surface area contributed by atoms with Gasteiger partial charge >= 0.3 is 0 Å². The van der Waals surface area contributed by atoms with Crippen LogP contribution in [0.15, 0.2) is 36.5 Å². The Morgan fingerprint density at radius 2 is 1.84 bits per heavy atom. The van der Waals surface area contributed by atoms with Crippen LogP contribution in [0.25, 0.3) is 10.9 Å². The van der Waals surface area contributed by atoms with Crippen LogP contribution in [-0.2, 0) is 6.42 Å². The monoisotopic (exact) mass is 334 g/mol. The fourth-order valence-electron chi connectivity index (χ4n) is 4.09. The first-order valence-corrected chi connectivity index (χ1v) is 9.46. The Labute approximate surface area is 149 Å². The van der Waals surface area contributed by atoms with E-state index in [0.717, 1.165) is 29.5 Å². The van der Waals surface area contributed by atoms with Crippen molar-refractivity contribution in [2.24, 2.45) is 5.92 Å². The van der Waals surface area contributed by atoms with E-state index in [1.165, 1.54) is 36.6 Å². The molecule has 4 nitrogen and oxygen atoms in total. The zero-order chi connectivity index (χ0) is 17.2. The van der Waals surface area contributed by atoms with Gasteiger partial charge in [0.1, 0.15) is 11.6 Å². The summed E-state index contributed by atoms with van der Waals surface area (Å²) < 4.78 is 0. The van der Waals surface area contributed by atoms with Crippen molar-refractivity contribution in [3.05, 3.63) is 53.7 Å². The summed E-state index contributed by atoms with van der Waals surface area (Å²) in [7, 11) is 0. The number of benzene rings is 1. The molecule has 1 saturated carbocycles. The zero-order valence-corrected chi connectivity index (χ0v) is 15.1. The van der Waals surface area contributed by atoms with E-state index in [1.54, 1.807) is 0 Å². The lowest BCUT2D eigenvalue weighted by Crippen LogP contribution is -2.16. The molecule has 0 atom stereocenters. The van der Waals surface area contributed by atoms with E-state index in [2.05, 4.69) is 64.3 Å². The van der Waals surface area contributed by atoms with E-state index in [0.29, 0.717) is 11.8 Å². The lowest BCUT2D eigenvalue weighted by molar-refractivity contribution is 0.321. The molecule has 4 rings (SSSR count). The van der Waals surface area contributed by atoms with Gasteiger partial charge in [0.25, 0.3) is 0 Å². The van der Waals surface area contributed by atoms with Crippen molar-refractivity contribution >= 4 is 10.9 Å². The topological polar surface area (TPSA) is 54.5 Å². The van der Waals surface area contributed by atoms with Crippen LogP contribution in [0.5, 0.6) is 0 Å². The third-order valence-corrected chi connectivity index (χ3v) is 5.55. The predicted octanol–water partition coefficient (Wildman–Crippen LogP) is 4.99. The van der Waals surface area contributed by atoms with Crippen molar-refractivity contribution in [1.29, 1.82) is 0 Å². The largest absolute Gasteiger partial charge is 0.329 e. The SMILES string of the molecule is CC(C)c1nnc(C[C@H]2CC[C@@H](c3ccnc4ccccc43)CC2)[nH]1. The minimum atomic E-state index is 0.414. The first-order valence-electron chi connectivity index (χ1n) is 9.46. The second kappa shape index (κ2) is 6.95. The van der Waals surface area contributed by atoms with Gasteiger partial charge in [-0.05, 0) is 55.2 Å². The maximum atomic E-state index is 4.50. The second-order valence-corrected chi connectivity index (χ2v) is 7.65. The van der Waals surface area contributed by atoms with Crippen molar-refractivity contribution in [2.75, 3.05) is 0 Å². The Hall–Kier alpha value is -2.23. The van der Waals surface area contributed by atoms with Crippen LogP contribution in [0.1, 0.15) is 68.6 Å². The summed E-state index contributed by atoms with van der Waals surface area (Å²) in [4.78, 5) is 7.90. The Morgan fingerprint density at radius 3 is 2.60 bits per heavy atom. The number of hydrogen-bond donors (Lipinski definition) is 1. The van der Waals surface area contributed by atoms with Crippen molar-refractivity contribution in [3.63, 3.8) is 0 Å². The highest BCUT2D eigenvalue weighted by molar-refractivity contribution is 5.82. The van der Waals surface area contributed by atoms with Crippen LogP contribution in [-0.4, -0.2) is 20.2 Å². The molecule has 0 amide bonds. The van der Waals surface area contributed by atoms with Crippen molar-refractivity contribution in [1.82, 2.24) is 20.2 Å². The third kappa shape index (κ3) is 3.44. The molecule has 4 heteroatoms. The molecule has 0 saturated heterocycles. The van der Waals surface area contributed by atoms with Crippen LogP contribution >= 0.6 is 0 Å². The number of nitrogens with one attached hydrogen (secondary N) is 1. The van der Waals surface area contributed by atoms with Gasteiger partial charge in [-0.1, -0.05) is 32.0 Å². The number of fused-ring (bicyclic) bond motifs is 1. The summed E-state index contributed by atoms with van der Waals surface area (Å²) in [5, 5.41) is 9.93. The number of hydrogen-bond acceptors (Lipinski definition) is 3. The molecule has 2 heterocycles. The van der Waals surface area contributed by atoms with E-state index >= 15 is 0 Å². The van der Waals surface area contributed by atoms with Gasteiger partial charge in [-0.25, -0.2) is 0 Å². The van der Waals surface area contributed by atoms with Gasteiger partial charge in [-0.3, -0.25) is 4.98 Å². The standard InChI is InChI=1S/C21H26N4/c1-14(2)21-23-20(24-25-21)13-15-7-9-16(10-8-15)17-11-12-22-19-6-4-3-5-18(17)19/h3-6,11-12,14-16H,7-10,13H2,1-2H3,(H,23,24,25)/t15-,16+. The molecule has 1 fully saturated rings. The highest BCUT2D eigenvalue weighted by atomic mass is 15.2. The summed E-state index contributed by atoms with van der Waals surface area (Å²) in [5.74, 6) is 3.85. The molecule has 1 N–H and O–H groups in total. The van der Waals surface area contributed by atoms with E-state index < -0.39 is 0 Å². The minimum Gasteiger partial charge on any atom is -0.329 e. The fraction of sp³-hybridized carbons (Fsp3) is 0.476. The van der Waals surface area contributed by atoms with E-state index in [1.807, 2.05) is 6.20 Å². The summed E-state index contributed by atoms with van der Waals surface area (Å²) >= 11 is 0. The number of rotatable bonds is 4. The van der Waals surface area contributed by atoms with Crippen LogP contribution in [0.2, 0.25) is 0 Å². The van der Waals surface area contributed by atoms with Crippen molar-refractivity contribution < 1.29 is 0 Å². The molecule has 0 unspecified atom stereocenters. The molecule has 25 heavy (non-hydrogen) atoms. The Kier molecular flexibility index (Phi) is 4.51. The number of pyridine rings is 1. The van der Waals surface area contributed by atoms with E-state index in [-0.39, 0.29) is 0 Å². The van der Waals surface area contributed by atoms with Crippen LogP contribution in [0.3, 0.4) is 0 Å². The van der Waals surface area contributed by atoms with Crippen molar-refractivity contribution in [2.45, 2.75) is 57.8 Å². The maximum absolute atomic E-state index is 4.50. The van der Waals surface area contributed by atoms with Crippen LogP contribution in [0.4, 0.5) is 0 Å². The van der Waals surface area contributed by atoms with Gasteiger partial charge in [-0.2, -0.15) is 0 Å². The van der Waals surface area contributed by atoms with Crippen LogP contribution < -0.4 is 0 Å². The van der Waals surface area contributed by atoms with Gasteiger partial charge in [0.15, 0.2) is 0 Å². The number of aromatic amines is 1. The summed E-state index contributed by atoms with van der Waals surface area (Å²) in [6.07, 6.45) is 8.03. The lowest BCUT2D eigenvalue weighted by Gasteiger charge is -2.29. The normalized spacial score (nSPS) is 21.1. The highest BCUT2D eigenvalue weighted by Gasteiger charge is 2.24. The average molecular weight is 334 g/mol. The Morgan fingerprint density at radius 1 is 1.04 bits per heavy atom. The smallest absolute Gasteiger partial charge is 0.132 e. The molecule has 0 spiro atoms. The summed E-state index contributed by atoms with van der Waals surface area (Å²) in [6.45, 7) is 4.29. The van der Waals surface area contributed by atoms with Crippen LogP contribution in [0, 0.1) is 5.92 Å². The Bertz CT molecular complexity index is 838. The third-order valence-electron chi connectivity index (χ3n) is 5.55. The molecule has 130 valence electrons. The lowest BCUT2D eigenvalue weighted by atomic mass is 9.77. The molecule has 0 aliphatic heterocycles. The summed E-state index contributed by atoms with van der Waals surface area (Å²) in [5.41, 5.74) is 2.59. The molecular formula is C21H26N4. The number of aromatic nitrogens is 4. The molecular weight excluding hydrogens is 308 g/mol. The Balaban J connectivity index is 1.42. The minimum absolute atomic E-state index is 0.414. The molecule has 3 aromatic rings. The molecule has 0 radical (unpaired) electrons. The molecule has 1 aromatic carbocycles. The molecule has 1 aliphatic rings. The van der Waals surface area contributed by atoms with Crippen molar-refractivity contribution in [3.8, 4) is 0 Å². The first kappa shape index (κ1) is 16.2. The maximum Gasteiger partial charge on any atom is 0.132 e. The van der Waals surface area contributed by atoms with E-state index in [4.69, 9.17) is 0 Å². The van der Waals surface area contributed by atoms with E-state index in [9.17, 15) is 0 Å². The number of H-pyrrole nitrogens is 1. The first-order chi connectivity index (χ1) is 12.2. The van der Waals surface area contributed by atoms with Gasteiger partial charge in [0, 0.05) is 23.9 Å². The predicted molar refractivity (Wildman–Crippen MR) is 101 cm³/mol. The number of nitrogens with zero attached hydrogens (tertiary/aromatic N) is 3. The fourth-order valence-corrected chi connectivity index (χ4v) is 4.09. The summed E-state index contributed by atoms with van der Waals surface area (Å²) in [6, 6.07) is 10.7. The zero-order valence-electron chi connectivity index (χ0n) is 15.1. The molecule has 2 aromatic heterocycles. The second-order valence-electron chi connectivity index (χ2n) is 7.65. The number of para-hydroxylation sites is 1. The van der Waals surface area contributed by atoms with Gasteiger partial charge in [0.2, 0.25) is 0 Å². The highest BCUT2D eigenvalue weighted by Crippen LogP contribution is 2.39. The van der Waals surface area contributed by atoms with Gasteiger partial charge in [0.05, 0.1) is 5.52 Å². The quantitative estimate of drug-likeness (QED) is 0.731.